The van der Waals surface area contributed by atoms with E-state index in [1.807, 2.05) is 18.2 Å². The van der Waals surface area contributed by atoms with Gasteiger partial charge in [-0.3, -0.25) is 9.13 Å². The van der Waals surface area contributed by atoms with Gasteiger partial charge < -0.3 is 39.9 Å². The number of hydrogen-bond donors (Lipinski definition) is 5. The second-order valence-corrected chi connectivity index (χ2v) is 9.34. The molecule has 0 saturated carbocycles. The fraction of sp³-hybridized carbons (Fsp3) is 0.400. The van der Waals surface area contributed by atoms with E-state index in [1.54, 1.807) is 12.1 Å². The van der Waals surface area contributed by atoms with Gasteiger partial charge in [-0.25, -0.2) is 19.7 Å². The SMILES string of the molecule is CCOC(=O)[C@H](OC[C@H]1O[C@@H](n2cnc3c(N)nc(-c4ccccc4)nc32)[C@H](O)[C@@H]1O)P(=O)(O)O. The number of benzene rings is 1. The molecule has 4 rings (SSSR count). The number of carbonyl (C=O) groups excluding carboxylic acids is 1. The molecule has 5 atom stereocenters. The van der Waals surface area contributed by atoms with Gasteiger partial charge in [0.15, 0.2) is 23.5 Å². The minimum absolute atomic E-state index is 0.0967. The molecule has 0 aliphatic carbocycles. The molecule has 0 spiro atoms. The van der Waals surface area contributed by atoms with Gasteiger partial charge in [0, 0.05) is 5.56 Å². The second kappa shape index (κ2) is 9.95. The van der Waals surface area contributed by atoms with E-state index in [9.17, 15) is 29.4 Å². The zero-order valence-corrected chi connectivity index (χ0v) is 19.3. The first-order chi connectivity index (χ1) is 16.6. The molecule has 0 amide bonds. The van der Waals surface area contributed by atoms with Crippen molar-refractivity contribution in [1.29, 1.82) is 0 Å². The maximum atomic E-state index is 11.9. The molecule has 188 valence electrons. The summed E-state index contributed by atoms with van der Waals surface area (Å²) in [7, 11) is -5.03. The highest BCUT2D eigenvalue weighted by Gasteiger charge is 2.46. The van der Waals surface area contributed by atoms with E-state index in [4.69, 9.17) is 15.2 Å². The predicted molar refractivity (Wildman–Crippen MR) is 120 cm³/mol. The molecule has 1 aliphatic heterocycles. The number of rotatable bonds is 8. The Labute approximate surface area is 198 Å². The summed E-state index contributed by atoms with van der Waals surface area (Å²) in [4.78, 5) is 43.7. The van der Waals surface area contributed by atoms with Crippen molar-refractivity contribution in [1.82, 2.24) is 19.5 Å². The number of hydrogen-bond acceptors (Lipinski definition) is 11. The third kappa shape index (κ3) is 5.04. The van der Waals surface area contributed by atoms with Crippen LogP contribution in [0.15, 0.2) is 36.7 Å². The van der Waals surface area contributed by atoms with Crippen molar-refractivity contribution in [2.45, 2.75) is 37.3 Å². The number of nitrogens with two attached hydrogens (primary N) is 1. The number of fused-ring (bicyclic) bond motifs is 1. The van der Waals surface area contributed by atoms with Crippen LogP contribution in [-0.2, 0) is 23.6 Å². The molecule has 3 heterocycles. The van der Waals surface area contributed by atoms with Crippen molar-refractivity contribution in [3.05, 3.63) is 36.7 Å². The number of aliphatic hydroxyl groups excluding tert-OH is 2. The lowest BCUT2D eigenvalue weighted by atomic mass is 10.1. The molecule has 3 aromatic rings. The Hall–Kier alpha value is -2.97. The molecule has 1 fully saturated rings. The van der Waals surface area contributed by atoms with Crippen molar-refractivity contribution in [2.24, 2.45) is 0 Å². The van der Waals surface area contributed by atoms with Crippen LogP contribution in [0.2, 0.25) is 0 Å². The number of anilines is 1. The molecule has 1 saturated heterocycles. The zero-order chi connectivity index (χ0) is 25.3. The van der Waals surface area contributed by atoms with Crippen LogP contribution in [0.1, 0.15) is 13.2 Å². The lowest BCUT2D eigenvalue weighted by Crippen LogP contribution is -2.36. The maximum Gasteiger partial charge on any atom is 0.365 e. The van der Waals surface area contributed by atoms with Crippen molar-refractivity contribution >= 4 is 30.5 Å². The molecule has 1 aromatic carbocycles. The predicted octanol–water partition coefficient (Wildman–Crippen LogP) is -0.222. The Morgan fingerprint density at radius 2 is 1.94 bits per heavy atom. The molecular weight excluding hydrogens is 485 g/mol. The smallest absolute Gasteiger partial charge is 0.365 e. The minimum atomic E-state index is -5.03. The van der Waals surface area contributed by atoms with Crippen LogP contribution < -0.4 is 5.73 Å². The molecule has 14 nitrogen and oxygen atoms in total. The van der Waals surface area contributed by atoms with Crippen LogP contribution in [0.5, 0.6) is 0 Å². The number of nitrogens with zero attached hydrogens (tertiary/aromatic N) is 4. The number of aromatic nitrogens is 4. The average molecular weight is 509 g/mol. The highest BCUT2D eigenvalue weighted by atomic mass is 31.2. The van der Waals surface area contributed by atoms with E-state index in [-0.39, 0.29) is 23.6 Å². The van der Waals surface area contributed by atoms with Gasteiger partial charge in [0.25, 0.3) is 5.85 Å². The number of aliphatic hydroxyl groups is 2. The summed E-state index contributed by atoms with van der Waals surface area (Å²) in [6, 6.07) is 9.03. The molecule has 0 bridgehead atoms. The van der Waals surface area contributed by atoms with Gasteiger partial charge in [-0.05, 0) is 6.92 Å². The highest BCUT2D eigenvalue weighted by molar-refractivity contribution is 7.53. The van der Waals surface area contributed by atoms with E-state index < -0.39 is 50.6 Å². The quantitative estimate of drug-likeness (QED) is 0.196. The number of ether oxygens (including phenoxy) is 3. The summed E-state index contributed by atoms with van der Waals surface area (Å²) in [5, 5.41) is 21.1. The van der Waals surface area contributed by atoms with Gasteiger partial charge >= 0.3 is 13.6 Å². The molecular formula is C20H24N5O9P. The lowest BCUT2D eigenvalue weighted by molar-refractivity contribution is -0.155. The fourth-order valence-corrected chi connectivity index (χ4v) is 4.27. The van der Waals surface area contributed by atoms with Crippen molar-refractivity contribution in [3.8, 4) is 11.4 Å². The fourth-order valence-electron chi connectivity index (χ4n) is 3.64. The largest absolute Gasteiger partial charge is 0.464 e. The molecule has 1 aliphatic rings. The number of carbonyl (C=O) groups is 1. The van der Waals surface area contributed by atoms with Gasteiger partial charge in [0.2, 0.25) is 0 Å². The summed E-state index contributed by atoms with van der Waals surface area (Å²) in [6.07, 6.45) is -4.15. The van der Waals surface area contributed by atoms with Gasteiger partial charge in [-0.15, -0.1) is 0 Å². The monoisotopic (exact) mass is 509 g/mol. The van der Waals surface area contributed by atoms with Crippen LogP contribution in [0.25, 0.3) is 22.6 Å². The molecule has 35 heavy (non-hydrogen) atoms. The zero-order valence-electron chi connectivity index (χ0n) is 18.4. The second-order valence-electron chi connectivity index (χ2n) is 7.70. The third-order valence-corrected chi connectivity index (χ3v) is 6.27. The highest BCUT2D eigenvalue weighted by Crippen LogP contribution is 2.43. The summed E-state index contributed by atoms with van der Waals surface area (Å²) in [5.74, 6) is -3.06. The molecule has 0 radical (unpaired) electrons. The Kier molecular flexibility index (Phi) is 7.15. The Bertz CT molecular complexity index is 1250. The first-order valence-corrected chi connectivity index (χ1v) is 12.2. The van der Waals surface area contributed by atoms with Crippen LogP contribution in [0.3, 0.4) is 0 Å². The molecule has 6 N–H and O–H groups in total. The van der Waals surface area contributed by atoms with Crippen molar-refractivity contribution in [2.75, 3.05) is 18.9 Å². The number of imidazole rings is 1. The van der Waals surface area contributed by atoms with E-state index in [1.165, 1.54) is 17.8 Å². The summed E-state index contributed by atoms with van der Waals surface area (Å²) in [5.41, 5.74) is 7.22. The van der Waals surface area contributed by atoms with Crippen LogP contribution in [-0.4, -0.2) is 82.9 Å². The van der Waals surface area contributed by atoms with E-state index >= 15 is 0 Å². The summed E-state index contributed by atoms with van der Waals surface area (Å²) in [6.45, 7) is 0.725. The van der Waals surface area contributed by atoms with Gasteiger partial charge in [-0.1, -0.05) is 30.3 Å². The summed E-state index contributed by atoms with van der Waals surface area (Å²) < 4.78 is 28.4. The van der Waals surface area contributed by atoms with E-state index in [0.29, 0.717) is 11.4 Å². The Morgan fingerprint density at radius 1 is 1.23 bits per heavy atom. The lowest BCUT2D eigenvalue weighted by Gasteiger charge is -2.20. The van der Waals surface area contributed by atoms with Gasteiger partial charge in [0.05, 0.1) is 19.5 Å². The number of nitrogen functional groups attached to an aromatic ring is 1. The standard InChI is InChI=1S/C20H24N5O9P/c1-2-32-19(28)20(35(29,30)31)33-8-11-13(26)14(27)18(34-11)25-9-22-12-15(21)23-16(24-17(12)25)10-6-4-3-5-7-10/h3-7,9,11,13-14,18,20,26-27H,2,8H2,1H3,(H2,21,23,24)(H2,29,30,31)/t11-,13-,14-,18-,20-/m1/s1. The molecule has 2 aromatic heterocycles. The van der Waals surface area contributed by atoms with E-state index in [2.05, 4.69) is 19.7 Å². The van der Waals surface area contributed by atoms with Crippen molar-refractivity contribution in [3.63, 3.8) is 0 Å². The van der Waals surface area contributed by atoms with Crippen LogP contribution in [0.4, 0.5) is 5.82 Å². The first-order valence-electron chi connectivity index (χ1n) is 10.5. The van der Waals surface area contributed by atoms with Gasteiger partial charge in [0.1, 0.15) is 23.8 Å². The Morgan fingerprint density at radius 3 is 2.60 bits per heavy atom. The molecule has 15 heteroatoms. The van der Waals surface area contributed by atoms with Gasteiger partial charge in [-0.2, -0.15) is 0 Å². The van der Waals surface area contributed by atoms with Crippen LogP contribution >= 0.6 is 7.60 Å². The Balaban J connectivity index is 1.58. The minimum Gasteiger partial charge on any atom is -0.464 e. The third-order valence-electron chi connectivity index (χ3n) is 5.30. The van der Waals surface area contributed by atoms with Crippen molar-refractivity contribution < 1.29 is 43.6 Å². The van der Waals surface area contributed by atoms with Crippen LogP contribution in [0, 0.1) is 0 Å². The number of esters is 1. The maximum absolute atomic E-state index is 11.9. The summed E-state index contributed by atoms with van der Waals surface area (Å²) >= 11 is 0. The topological polar surface area (TPSA) is 212 Å². The van der Waals surface area contributed by atoms with E-state index in [0.717, 1.165) is 0 Å². The molecule has 0 unspecified atom stereocenters. The first kappa shape index (κ1) is 25.1. The average Bonchev–Trinajstić information content (AvgIpc) is 3.35. The normalized spacial score (nSPS) is 23.5.